The fourth-order valence-corrected chi connectivity index (χ4v) is 2.83. The highest BCUT2D eigenvalue weighted by molar-refractivity contribution is 6.36. The van der Waals surface area contributed by atoms with E-state index in [4.69, 9.17) is 28.9 Å². The van der Waals surface area contributed by atoms with Gasteiger partial charge < -0.3 is 5.73 Å². The Hall–Kier alpha value is -0.570. The normalized spacial score (nSPS) is 28.4. The van der Waals surface area contributed by atoms with Crippen LogP contribution in [0, 0.1) is 5.41 Å². The van der Waals surface area contributed by atoms with Gasteiger partial charge in [-0.3, -0.25) is 4.79 Å². The Morgan fingerprint density at radius 2 is 2.18 bits per heavy atom. The van der Waals surface area contributed by atoms with Crippen LogP contribution >= 0.6 is 23.2 Å². The molecule has 2 unspecified atom stereocenters. The zero-order chi connectivity index (χ0) is 12.6. The zero-order valence-electron chi connectivity index (χ0n) is 9.67. The molecule has 0 bridgehead atoms. The van der Waals surface area contributed by atoms with Crippen molar-refractivity contribution in [1.82, 2.24) is 0 Å². The summed E-state index contributed by atoms with van der Waals surface area (Å²) in [5.41, 5.74) is 6.02. The van der Waals surface area contributed by atoms with E-state index in [-0.39, 0.29) is 11.8 Å². The van der Waals surface area contributed by atoms with Crippen LogP contribution in [0.5, 0.6) is 0 Å². The molecule has 1 fully saturated rings. The lowest BCUT2D eigenvalue weighted by molar-refractivity contribution is 0.0803. The molecule has 1 aliphatic rings. The summed E-state index contributed by atoms with van der Waals surface area (Å²) in [6, 6.07) is 4.87. The van der Waals surface area contributed by atoms with Crippen molar-refractivity contribution >= 4 is 29.0 Å². The number of nitrogens with two attached hydrogens (primary N) is 1. The first-order chi connectivity index (χ1) is 7.95. The number of hydrogen-bond donors (Lipinski definition) is 1. The number of Topliss-reactive ketones (excluding diaryl/α,β-unsaturated/α-hetero) is 1. The maximum absolute atomic E-state index is 12.5. The summed E-state index contributed by atoms with van der Waals surface area (Å²) >= 11 is 12.0. The van der Waals surface area contributed by atoms with Gasteiger partial charge in [0.15, 0.2) is 5.78 Å². The van der Waals surface area contributed by atoms with Gasteiger partial charge in [-0.15, -0.1) is 0 Å². The third kappa shape index (κ3) is 2.22. The van der Waals surface area contributed by atoms with Crippen molar-refractivity contribution in [2.24, 2.45) is 11.1 Å². The maximum atomic E-state index is 12.5. The summed E-state index contributed by atoms with van der Waals surface area (Å²) in [4.78, 5) is 12.5. The molecule has 1 aromatic carbocycles. The molecule has 92 valence electrons. The van der Waals surface area contributed by atoms with Crippen LogP contribution in [0.25, 0.3) is 0 Å². The summed E-state index contributed by atoms with van der Waals surface area (Å²) < 4.78 is 0. The second-order valence-electron chi connectivity index (χ2n) is 4.87. The van der Waals surface area contributed by atoms with E-state index in [2.05, 4.69) is 0 Å². The minimum absolute atomic E-state index is 0.00926. The number of ketones is 1. The van der Waals surface area contributed by atoms with Crippen molar-refractivity contribution in [2.75, 3.05) is 0 Å². The predicted octanol–water partition coefficient (Wildman–Crippen LogP) is 3.69. The Labute approximate surface area is 111 Å². The Balaban J connectivity index is 2.40. The number of rotatable bonds is 2. The van der Waals surface area contributed by atoms with Gasteiger partial charge in [0.2, 0.25) is 0 Å². The Morgan fingerprint density at radius 1 is 1.47 bits per heavy atom. The zero-order valence-corrected chi connectivity index (χ0v) is 11.2. The number of carbonyl (C=O) groups excluding carboxylic acids is 1. The molecule has 0 aliphatic heterocycles. The fourth-order valence-electron chi connectivity index (χ4n) is 2.45. The van der Waals surface area contributed by atoms with Gasteiger partial charge in [0.1, 0.15) is 0 Å². The van der Waals surface area contributed by atoms with Gasteiger partial charge in [-0.25, -0.2) is 0 Å². The Morgan fingerprint density at radius 3 is 2.76 bits per heavy atom. The molecule has 0 radical (unpaired) electrons. The van der Waals surface area contributed by atoms with E-state index in [1.165, 1.54) is 0 Å². The molecule has 0 saturated heterocycles. The first-order valence-corrected chi connectivity index (χ1v) is 6.46. The van der Waals surface area contributed by atoms with Crippen molar-refractivity contribution in [3.05, 3.63) is 33.8 Å². The molecule has 4 heteroatoms. The minimum Gasteiger partial charge on any atom is -0.327 e. The molecule has 2 atom stereocenters. The topological polar surface area (TPSA) is 43.1 Å². The summed E-state index contributed by atoms with van der Waals surface area (Å²) in [5.74, 6) is 0.00926. The van der Waals surface area contributed by atoms with Crippen LogP contribution in [-0.4, -0.2) is 11.8 Å². The fraction of sp³-hybridized carbons (Fsp3) is 0.462. The highest BCUT2D eigenvalue weighted by Crippen LogP contribution is 2.41. The number of benzene rings is 1. The number of carbonyl (C=O) groups is 1. The quantitative estimate of drug-likeness (QED) is 0.834. The van der Waals surface area contributed by atoms with Gasteiger partial charge in [0.25, 0.3) is 0 Å². The molecule has 2 N–H and O–H groups in total. The second-order valence-corrected chi connectivity index (χ2v) is 5.71. The smallest absolute Gasteiger partial charge is 0.171 e. The minimum atomic E-state index is -0.506. The van der Waals surface area contributed by atoms with Crippen LogP contribution < -0.4 is 5.73 Å². The maximum Gasteiger partial charge on any atom is 0.171 e. The number of halogens is 2. The Bertz CT molecular complexity index is 461. The standard InChI is InChI=1S/C13H15Cl2NO/c1-13(6-2-3-11(13)16)12(17)9-7-8(14)4-5-10(9)15/h4-5,7,11H,2-3,6,16H2,1H3. The van der Waals surface area contributed by atoms with Crippen LogP contribution in [0.4, 0.5) is 0 Å². The average molecular weight is 272 g/mol. The first-order valence-electron chi connectivity index (χ1n) is 5.70. The van der Waals surface area contributed by atoms with E-state index in [0.29, 0.717) is 15.6 Å². The monoisotopic (exact) mass is 271 g/mol. The van der Waals surface area contributed by atoms with Crippen LogP contribution in [-0.2, 0) is 0 Å². The van der Waals surface area contributed by atoms with Crippen molar-refractivity contribution in [2.45, 2.75) is 32.2 Å². The summed E-state index contributed by atoms with van der Waals surface area (Å²) in [6.45, 7) is 1.92. The largest absolute Gasteiger partial charge is 0.327 e. The molecule has 2 nitrogen and oxygen atoms in total. The molecule has 2 rings (SSSR count). The van der Waals surface area contributed by atoms with E-state index >= 15 is 0 Å². The molecule has 0 heterocycles. The second kappa shape index (κ2) is 4.60. The molecule has 1 aromatic rings. The molecule has 17 heavy (non-hydrogen) atoms. The van der Waals surface area contributed by atoms with Crippen LogP contribution in [0.15, 0.2) is 18.2 Å². The van der Waals surface area contributed by atoms with Gasteiger partial charge in [-0.05, 0) is 31.0 Å². The summed E-state index contributed by atoms with van der Waals surface area (Å²) in [5, 5.41) is 0.965. The average Bonchev–Trinajstić information content (AvgIpc) is 2.63. The van der Waals surface area contributed by atoms with Crippen molar-refractivity contribution in [3.63, 3.8) is 0 Å². The predicted molar refractivity (Wildman–Crippen MR) is 70.7 cm³/mol. The highest BCUT2D eigenvalue weighted by atomic mass is 35.5. The van der Waals surface area contributed by atoms with E-state index in [1.54, 1.807) is 18.2 Å². The summed E-state index contributed by atoms with van der Waals surface area (Å²) in [7, 11) is 0. The van der Waals surface area contributed by atoms with Gasteiger partial charge in [-0.1, -0.05) is 36.5 Å². The molecule has 0 amide bonds. The van der Waals surface area contributed by atoms with Crippen molar-refractivity contribution < 1.29 is 4.79 Å². The Kier molecular flexibility index (Phi) is 3.48. The van der Waals surface area contributed by atoms with Crippen molar-refractivity contribution in [1.29, 1.82) is 0 Å². The van der Waals surface area contributed by atoms with E-state index in [9.17, 15) is 4.79 Å². The van der Waals surface area contributed by atoms with E-state index in [0.717, 1.165) is 19.3 Å². The molecule has 0 aromatic heterocycles. The van der Waals surface area contributed by atoms with Gasteiger partial charge in [0, 0.05) is 22.0 Å². The van der Waals surface area contributed by atoms with E-state index in [1.807, 2.05) is 6.92 Å². The third-order valence-electron chi connectivity index (χ3n) is 3.72. The third-order valence-corrected chi connectivity index (χ3v) is 4.29. The lowest BCUT2D eigenvalue weighted by Gasteiger charge is -2.27. The van der Waals surface area contributed by atoms with Gasteiger partial charge >= 0.3 is 0 Å². The van der Waals surface area contributed by atoms with Crippen LogP contribution in [0.3, 0.4) is 0 Å². The molecule has 0 spiro atoms. The lowest BCUT2D eigenvalue weighted by Crippen LogP contribution is -2.41. The lowest BCUT2D eigenvalue weighted by atomic mass is 9.78. The number of hydrogen-bond acceptors (Lipinski definition) is 2. The molecule has 1 saturated carbocycles. The highest BCUT2D eigenvalue weighted by Gasteiger charge is 2.43. The van der Waals surface area contributed by atoms with Gasteiger partial charge in [-0.2, -0.15) is 0 Å². The van der Waals surface area contributed by atoms with Crippen LogP contribution in [0.1, 0.15) is 36.5 Å². The van der Waals surface area contributed by atoms with Crippen LogP contribution in [0.2, 0.25) is 10.0 Å². The first kappa shape index (κ1) is 12.9. The molecular formula is C13H15Cl2NO. The van der Waals surface area contributed by atoms with Crippen molar-refractivity contribution in [3.8, 4) is 0 Å². The molecule has 1 aliphatic carbocycles. The SMILES string of the molecule is CC1(C(=O)c2cc(Cl)ccc2Cl)CCCC1N. The molecular weight excluding hydrogens is 257 g/mol. The van der Waals surface area contributed by atoms with Gasteiger partial charge in [0.05, 0.1) is 5.02 Å². The summed E-state index contributed by atoms with van der Waals surface area (Å²) in [6.07, 6.45) is 2.69. The van der Waals surface area contributed by atoms with E-state index < -0.39 is 5.41 Å².